The number of nitrogens with one attached hydrogen (secondary N) is 1. The second-order valence-corrected chi connectivity index (χ2v) is 3.97. The molecule has 1 saturated heterocycles. The molecule has 1 unspecified atom stereocenters. The van der Waals surface area contributed by atoms with Gasteiger partial charge in [-0.3, -0.25) is 4.79 Å². The molecule has 3 N–H and O–H groups in total. The molecule has 0 radical (unpaired) electrons. The lowest BCUT2D eigenvalue weighted by molar-refractivity contribution is -0.121. The average Bonchev–Trinajstić information content (AvgIpc) is 2.53. The molecule has 0 amide bonds. The van der Waals surface area contributed by atoms with Crippen LogP contribution in [-0.2, 0) is 4.79 Å². The first-order chi connectivity index (χ1) is 6.27. The summed E-state index contributed by atoms with van der Waals surface area (Å²) in [4.78, 5) is 15.6. The van der Waals surface area contributed by atoms with Crippen LogP contribution >= 0.6 is 11.3 Å². The summed E-state index contributed by atoms with van der Waals surface area (Å²) in [6.07, 6.45) is 0.601. The van der Waals surface area contributed by atoms with Crippen molar-refractivity contribution in [1.29, 1.82) is 0 Å². The zero-order valence-corrected chi connectivity index (χ0v) is 7.93. The number of anilines is 1. The number of Topliss-reactive ketones (excluding diaryl/α,β-unsaturated/α-hetero) is 1. The van der Waals surface area contributed by atoms with E-state index in [2.05, 4.69) is 10.3 Å². The highest BCUT2D eigenvalue weighted by Gasteiger charge is 2.25. The highest BCUT2D eigenvalue weighted by atomic mass is 32.1. The number of thiazole rings is 1. The number of rotatable bonds is 1. The van der Waals surface area contributed by atoms with Gasteiger partial charge in [0.15, 0.2) is 0 Å². The van der Waals surface area contributed by atoms with Gasteiger partial charge in [0.1, 0.15) is 16.6 Å². The summed E-state index contributed by atoms with van der Waals surface area (Å²) in [5, 5.41) is 5.80. The molecule has 0 spiro atoms. The number of nitrogens with zero attached hydrogens (tertiary/aromatic N) is 1. The Hall–Kier alpha value is -0.940. The van der Waals surface area contributed by atoms with Crippen LogP contribution in [0.4, 0.5) is 5.82 Å². The van der Waals surface area contributed by atoms with Crippen LogP contribution < -0.4 is 11.1 Å². The van der Waals surface area contributed by atoms with Crippen LogP contribution in [0.1, 0.15) is 17.3 Å². The van der Waals surface area contributed by atoms with Crippen molar-refractivity contribution in [2.75, 3.05) is 18.8 Å². The number of nitrogen functional groups attached to an aromatic ring is 1. The minimum Gasteiger partial charge on any atom is -0.383 e. The van der Waals surface area contributed by atoms with Gasteiger partial charge in [-0.25, -0.2) is 4.98 Å². The first-order valence-corrected chi connectivity index (χ1v) is 5.09. The molecule has 1 aromatic heterocycles. The lowest BCUT2D eigenvalue weighted by atomic mass is 9.99. The van der Waals surface area contributed by atoms with Gasteiger partial charge >= 0.3 is 0 Å². The number of ketones is 1. The molecule has 1 aliphatic rings. The number of hydrogen-bond donors (Lipinski definition) is 2. The smallest absolute Gasteiger partial charge is 0.145 e. The van der Waals surface area contributed by atoms with Crippen molar-refractivity contribution in [2.45, 2.75) is 12.3 Å². The van der Waals surface area contributed by atoms with E-state index in [1.807, 2.05) is 0 Å². The Balaban J connectivity index is 2.19. The topological polar surface area (TPSA) is 68.0 Å². The molecule has 4 nitrogen and oxygen atoms in total. The van der Waals surface area contributed by atoms with Crippen LogP contribution in [0.5, 0.6) is 0 Å². The molecule has 70 valence electrons. The largest absolute Gasteiger partial charge is 0.383 e. The third kappa shape index (κ3) is 1.71. The fourth-order valence-corrected chi connectivity index (χ4v) is 2.26. The maximum atomic E-state index is 11.5. The molecular formula is C8H11N3OS. The van der Waals surface area contributed by atoms with Crippen molar-refractivity contribution < 1.29 is 4.79 Å². The molecule has 1 atom stereocenters. The summed E-state index contributed by atoms with van der Waals surface area (Å²) in [6.45, 7) is 1.49. The van der Waals surface area contributed by atoms with Gasteiger partial charge in [-0.15, -0.1) is 11.3 Å². The molecule has 1 fully saturated rings. The highest BCUT2D eigenvalue weighted by molar-refractivity contribution is 7.10. The molecule has 2 heterocycles. The molecule has 0 aromatic carbocycles. The Kier molecular flexibility index (Phi) is 2.28. The van der Waals surface area contributed by atoms with Crippen molar-refractivity contribution in [3.8, 4) is 0 Å². The number of carbonyl (C=O) groups excluding carboxylic acids is 1. The predicted molar refractivity (Wildman–Crippen MR) is 51.8 cm³/mol. The van der Waals surface area contributed by atoms with Crippen molar-refractivity contribution in [1.82, 2.24) is 10.3 Å². The van der Waals surface area contributed by atoms with Crippen molar-refractivity contribution >= 4 is 22.9 Å². The third-order valence-corrected chi connectivity index (χ3v) is 3.10. The number of nitrogens with two attached hydrogens (primary N) is 1. The van der Waals surface area contributed by atoms with Crippen LogP contribution in [-0.4, -0.2) is 23.9 Å². The van der Waals surface area contributed by atoms with E-state index in [1.54, 1.807) is 5.38 Å². The first-order valence-electron chi connectivity index (χ1n) is 4.21. The number of hydrogen-bond acceptors (Lipinski definition) is 5. The standard InChI is InChI=1S/C8H11N3OS/c9-7-4-13-8(11-7)5-3-10-2-1-6(5)12/h4-5,10H,1-3,9H2. The molecule has 0 aliphatic carbocycles. The molecule has 1 aliphatic heterocycles. The zero-order valence-electron chi connectivity index (χ0n) is 7.12. The molecule has 1 aromatic rings. The first kappa shape index (κ1) is 8.65. The third-order valence-electron chi connectivity index (χ3n) is 2.12. The molecule has 2 rings (SSSR count). The number of piperidine rings is 1. The number of aromatic nitrogens is 1. The Morgan fingerprint density at radius 2 is 2.54 bits per heavy atom. The van der Waals surface area contributed by atoms with E-state index in [1.165, 1.54) is 11.3 Å². The van der Waals surface area contributed by atoms with Crippen LogP contribution in [0, 0.1) is 0 Å². The lowest BCUT2D eigenvalue weighted by Crippen LogP contribution is -2.35. The lowest BCUT2D eigenvalue weighted by Gasteiger charge is -2.19. The van der Waals surface area contributed by atoms with E-state index in [0.717, 1.165) is 11.6 Å². The van der Waals surface area contributed by atoms with Gasteiger partial charge in [0.05, 0.1) is 5.92 Å². The Morgan fingerprint density at radius 3 is 3.15 bits per heavy atom. The summed E-state index contributed by atoms with van der Waals surface area (Å²) in [6, 6.07) is 0. The van der Waals surface area contributed by atoms with E-state index in [-0.39, 0.29) is 11.7 Å². The molecular weight excluding hydrogens is 186 g/mol. The quantitative estimate of drug-likeness (QED) is 0.682. The monoisotopic (exact) mass is 197 g/mol. The fourth-order valence-electron chi connectivity index (χ4n) is 1.43. The fraction of sp³-hybridized carbons (Fsp3) is 0.500. The van der Waals surface area contributed by atoms with Crippen LogP contribution in [0.2, 0.25) is 0 Å². The summed E-state index contributed by atoms with van der Waals surface area (Å²) < 4.78 is 0. The van der Waals surface area contributed by atoms with E-state index >= 15 is 0 Å². The van der Waals surface area contributed by atoms with Crippen molar-refractivity contribution in [3.05, 3.63) is 10.4 Å². The Morgan fingerprint density at radius 1 is 1.69 bits per heavy atom. The second kappa shape index (κ2) is 3.43. The van der Waals surface area contributed by atoms with E-state index < -0.39 is 0 Å². The molecule has 5 heteroatoms. The Labute approximate surface area is 80.2 Å². The van der Waals surface area contributed by atoms with Gasteiger partial charge < -0.3 is 11.1 Å². The van der Waals surface area contributed by atoms with Gasteiger partial charge in [-0.05, 0) is 0 Å². The maximum absolute atomic E-state index is 11.5. The van der Waals surface area contributed by atoms with Crippen LogP contribution in [0.25, 0.3) is 0 Å². The number of carbonyl (C=O) groups is 1. The SMILES string of the molecule is Nc1csc(C2CNCCC2=O)n1. The van der Waals surface area contributed by atoms with Gasteiger partial charge in [0.25, 0.3) is 0 Å². The predicted octanol–water partition coefficient (Wildman–Crippen LogP) is 0.371. The molecule has 13 heavy (non-hydrogen) atoms. The summed E-state index contributed by atoms with van der Waals surface area (Å²) in [5.74, 6) is 0.711. The van der Waals surface area contributed by atoms with Gasteiger partial charge in [0.2, 0.25) is 0 Å². The summed E-state index contributed by atoms with van der Waals surface area (Å²) >= 11 is 1.46. The average molecular weight is 197 g/mol. The van der Waals surface area contributed by atoms with Crippen molar-refractivity contribution in [3.63, 3.8) is 0 Å². The van der Waals surface area contributed by atoms with Gasteiger partial charge in [0, 0.05) is 24.9 Å². The molecule has 0 bridgehead atoms. The van der Waals surface area contributed by atoms with Gasteiger partial charge in [-0.1, -0.05) is 0 Å². The Bertz CT molecular complexity index is 323. The van der Waals surface area contributed by atoms with Gasteiger partial charge in [-0.2, -0.15) is 0 Å². The van der Waals surface area contributed by atoms with Crippen LogP contribution in [0.3, 0.4) is 0 Å². The minimum atomic E-state index is -0.0731. The minimum absolute atomic E-state index is 0.0731. The van der Waals surface area contributed by atoms with Crippen LogP contribution in [0.15, 0.2) is 5.38 Å². The van der Waals surface area contributed by atoms with E-state index in [9.17, 15) is 4.79 Å². The molecule has 0 saturated carbocycles. The normalized spacial score (nSPS) is 23.4. The van der Waals surface area contributed by atoms with Crippen molar-refractivity contribution in [2.24, 2.45) is 0 Å². The second-order valence-electron chi connectivity index (χ2n) is 3.08. The maximum Gasteiger partial charge on any atom is 0.145 e. The zero-order chi connectivity index (χ0) is 9.26. The summed E-state index contributed by atoms with van der Waals surface area (Å²) in [5.41, 5.74) is 5.50. The highest BCUT2D eigenvalue weighted by Crippen LogP contribution is 2.24. The van der Waals surface area contributed by atoms with E-state index in [4.69, 9.17) is 5.73 Å². The van der Waals surface area contributed by atoms with E-state index in [0.29, 0.717) is 18.8 Å². The summed E-state index contributed by atoms with van der Waals surface area (Å²) in [7, 11) is 0.